The molecule has 1 rings (SSSR count). The van der Waals surface area contributed by atoms with Crippen LogP contribution in [0.1, 0.15) is 19.4 Å². The molecule has 0 aliphatic heterocycles. The van der Waals surface area contributed by atoms with Crippen molar-refractivity contribution in [2.45, 2.75) is 13.8 Å². The van der Waals surface area contributed by atoms with Gasteiger partial charge in [0.15, 0.2) is 0 Å². The molecule has 0 atom stereocenters. The molecule has 0 radical (unpaired) electrons. The lowest BCUT2D eigenvalue weighted by Gasteiger charge is -2.03. The zero-order chi connectivity index (χ0) is 12.0. The Labute approximate surface area is 101 Å². The fraction of sp³-hybridized carbons (Fsp3) is 0.308. The molecule has 0 aliphatic carbocycles. The third-order valence-corrected chi connectivity index (χ3v) is 2.19. The van der Waals surface area contributed by atoms with Crippen LogP contribution in [0.2, 0.25) is 5.02 Å². The lowest BCUT2D eigenvalue weighted by atomic mass is 10.2. The molecule has 2 nitrogen and oxygen atoms in total. The van der Waals surface area contributed by atoms with Gasteiger partial charge in [0.1, 0.15) is 6.61 Å². The van der Waals surface area contributed by atoms with Crippen molar-refractivity contribution >= 4 is 23.6 Å². The number of benzene rings is 1. The van der Waals surface area contributed by atoms with E-state index in [9.17, 15) is 4.79 Å². The van der Waals surface area contributed by atoms with E-state index < -0.39 is 0 Å². The highest BCUT2D eigenvalue weighted by Crippen LogP contribution is 2.11. The Balaban J connectivity index is 2.41. The van der Waals surface area contributed by atoms with Gasteiger partial charge in [0.25, 0.3) is 0 Å². The Hall–Kier alpha value is -1.28. The van der Waals surface area contributed by atoms with Gasteiger partial charge in [-0.3, -0.25) is 4.79 Å². The number of halogens is 1. The Morgan fingerprint density at radius 1 is 1.50 bits per heavy atom. The van der Waals surface area contributed by atoms with Gasteiger partial charge in [-0.15, -0.1) is 0 Å². The molecule has 0 saturated heterocycles. The lowest BCUT2D eigenvalue weighted by molar-refractivity contribution is -0.145. The molecule has 0 spiro atoms. The van der Waals surface area contributed by atoms with Crippen LogP contribution < -0.4 is 0 Å². The van der Waals surface area contributed by atoms with Crippen LogP contribution in [0.25, 0.3) is 6.08 Å². The second-order valence-electron chi connectivity index (χ2n) is 3.74. The molecule has 0 aromatic heterocycles. The van der Waals surface area contributed by atoms with Crippen LogP contribution in [-0.2, 0) is 9.53 Å². The van der Waals surface area contributed by atoms with Crippen molar-refractivity contribution in [3.63, 3.8) is 0 Å². The van der Waals surface area contributed by atoms with E-state index in [0.717, 1.165) is 5.56 Å². The molecular weight excluding hydrogens is 224 g/mol. The highest BCUT2D eigenvalue weighted by Gasteiger charge is 2.05. The first-order valence-corrected chi connectivity index (χ1v) is 5.56. The highest BCUT2D eigenvalue weighted by molar-refractivity contribution is 6.30. The van der Waals surface area contributed by atoms with Crippen LogP contribution in [0.3, 0.4) is 0 Å². The molecule has 1 aromatic carbocycles. The van der Waals surface area contributed by atoms with Gasteiger partial charge in [-0.1, -0.05) is 43.7 Å². The molecular formula is C13H15ClO2. The second kappa shape index (κ2) is 6.33. The maximum Gasteiger partial charge on any atom is 0.308 e. The largest absolute Gasteiger partial charge is 0.461 e. The molecule has 0 amide bonds. The van der Waals surface area contributed by atoms with Gasteiger partial charge in [0, 0.05) is 5.02 Å². The van der Waals surface area contributed by atoms with Crippen LogP contribution in [0, 0.1) is 5.92 Å². The molecule has 1 aromatic rings. The van der Waals surface area contributed by atoms with Crippen molar-refractivity contribution in [2.24, 2.45) is 5.92 Å². The van der Waals surface area contributed by atoms with E-state index in [4.69, 9.17) is 16.3 Å². The Bertz CT molecular complexity index is 383. The van der Waals surface area contributed by atoms with Gasteiger partial charge in [0.05, 0.1) is 5.92 Å². The van der Waals surface area contributed by atoms with Crippen molar-refractivity contribution in [1.29, 1.82) is 0 Å². The van der Waals surface area contributed by atoms with E-state index in [1.54, 1.807) is 6.08 Å². The van der Waals surface area contributed by atoms with E-state index in [1.807, 2.05) is 44.2 Å². The Kier molecular flexibility index (Phi) is 5.06. The van der Waals surface area contributed by atoms with Gasteiger partial charge in [-0.05, 0) is 23.8 Å². The monoisotopic (exact) mass is 238 g/mol. The molecule has 0 heterocycles. The minimum Gasteiger partial charge on any atom is -0.461 e. The number of carbonyl (C=O) groups excluding carboxylic acids is 1. The van der Waals surface area contributed by atoms with Crippen molar-refractivity contribution in [3.8, 4) is 0 Å². The van der Waals surface area contributed by atoms with Crippen molar-refractivity contribution in [3.05, 3.63) is 40.9 Å². The van der Waals surface area contributed by atoms with E-state index in [0.29, 0.717) is 11.6 Å². The Morgan fingerprint density at radius 2 is 2.25 bits per heavy atom. The summed E-state index contributed by atoms with van der Waals surface area (Å²) in [6, 6.07) is 7.48. The highest BCUT2D eigenvalue weighted by atomic mass is 35.5. The summed E-state index contributed by atoms with van der Waals surface area (Å²) in [5, 5.41) is 0.696. The third-order valence-electron chi connectivity index (χ3n) is 1.95. The molecule has 86 valence electrons. The smallest absolute Gasteiger partial charge is 0.308 e. The summed E-state index contributed by atoms with van der Waals surface area (Å²) in [7, 11) is 0. The predicted octanol–water partition coefficient (Wildman–Crippen LogP) is 3.55. The van der Waals surface area contributed by atoms with Gasteiger partial charge >= 0.3 is 5.97 Å². The van der Waals surface area contributed by atoms with Crippen molar-refractivity contribution in [2.75, 3.05) is 6.61 Å². The molecule has 3 heteroatoms. The SMILES string of the molecule is CC(C)C(=O)OC/C=C/c1cccc(Cl)c1. The van der Waals surface area contributed by atoms with E-state index in [1.165, 1.54) is 0 Å². The van der Waals surface area contributed by atoms with Gasteiger partial charge in [0.2, 0.25) is 0 Å². The van der Waals surface area contributed by atoms with E-state index >= 15 is 0 Å². The van der Waals surface area contributed by atoms with Crippen molar-refractivity contribution in [1.82, 2.24) is 0 Å². The summed E-state index contributed by atoms with van der Waals surface area (Å²) in [5.41, 5.74) is 0.994. The summed E-state index contributed by atoms with van der Waals surface area (Å²) in [6.07, 6.45) is 3.67. The summed E-state index contributed by atoms with van der Waals surface area (Å²) in [5.74, 6) is -0.268. The maximum absolute atomic E-state index is 11.1. The van der Waals surface area contributed by atoms with Crippen LogP contribution in [0.5, 0.6) is 0 Å². The summed E-state index contributed by atoms with van der Waals surface area (Å²) >= 11 is 5.83. The standard InChI is InChI=1S/C13H15ClO2/c1-10(2)13(15)16-8-4-6-11-5-3-7-12(14)9-11/h3-7,9-10H,8H2,1-2H3/b6-4+. The number of esters is 1. The molecule has 0 aliphatic rings. The topological polar surface area (TPSA) is 26.3 Å². The van der Waals surface area contributed by atoms with Crippen LogP contribution in [0.4, 0.5) is 0 Å². The molecule has 0 N–H and O–H groups in total. The normalized spacial score (nSPS) is 11.0. The summed E-state index contributed by atoms with van der Waals surface area (Å²) < 4.78 is 5.00. The molecule has 0 bridgehead atoms. The average molecular weight is 239 g/mol. The molecule has 0 saturated carbocycles. The Morgan fingerprint density at radius 3 is 2.88 bits per heavy atom. The number of hydrogen-bond acceptors (Lipinski definition) is 2. The first-order valence-electron chi connectivity index (χ1n) is 5.18. The lowest BCUT2D eigenvalue weighted by Crippen LogP contribution is -2.11. The number of rotatable bonds is 4. The third kappa shape index (κ3) is 4.49. The van der Waals surface area contributed by atoms with Crippen LogP contribution in [-0.4, -0.2) is 12.6 Å². The molecule has 0 unspecified atom stereocenters. The quantitative estimate of drug-likeness (QED) is 0.750. The first kappa shape index (κ1) is 12.8. The molecule has 16 heavy (non-hydrogen) atoms. The fourth-order valence-corrected chi connectivity index (χ4v) is 1.29. The average Bonchev–Trinajstić information content (AvgIpc) is 2.24. The van der Waals surface area contributed by atoms with Crippen LogP contribution >= 0.6 is 11.6 Å². The van der Waals surface area contributed by atoms with Gasteiger partial charge in [-0.25, -0.2) is 0 Å². The number of ether oxygens (including phenoxy) is 1. The van der Waals surface area contributed by atoms with E-state index in [2.05, 4.69) is 0 Å². The van der Waals surface area contributed by atoms with Gasteiger partial charge < -0.3 is 4.74 Å². The first-order chi connectivity index (χ1) is 7.59. The minimum absolute atomic E-state index is 0.0837. The summed E-state index contributed by atoms with van der Waals surface area (Å²) in [6.45, 7) is 3.91. The van der Waals surface area contributed by atoms with Crippen LogP contribution in [0.15, 0.2) is 30.3 Å². The zero-order valence-electron chi connectivity index (χ0n) is 9.44. The van der Waals surface area contributed by atoms with E-state index in [-0.39, 0.29) is 11.9 Å². The number of hydrogen-bond donors (Lipinski definition) is 0. The maximum atomic E-state index is 11.1. The summed E-state index contributed by atoms with van der Waals surface area (Å²) in [4.78, 5) is 11.1. The molecule has 0 fully saturated rings. The number of carbonyl (C=O) groups is 1. The fourth-order valence-electron chi connectivity index (χ4n) is 1.09. The zero-order valence-corrected chi connectivity index (χ0v) is 10.2. The predicted molar refractivity (Wildman–Crippen MR) is 66.3 cm³/mol. The van der Waals surface area contributed by atoms with Gasteiger partial charge in [-0.2, -0.15) is 0 Å². The second-order valence-corrected chi connectivity index (χ2v) is 4.18. The minimum atomic E-state index is -0.184. The van der Waals surface area contributed by atoms with Crippen molar-refractivity contribution < 1.29 is 9.53 Å².